The Labute approximate surface area is 90.8 Å². The maximum Gasteiger partial charge on any atom is 0.102 e. The van der Waals surface area contributed by atoms with Crippen molar-refractivity contribution in [1.82, 2.24) is 0 Å². The quantitative estimate of drug-likeness (QED) is 0.580. The first-order valence-electron chi connectivity index (χ1n) is 2.77. The molecule has 2 nitrogen and oxygen atoms in total. The number of aliphatic hydroxyl groups excluding tert-OH is 1. The van der Waals surface area contributed by atoms with Crippen LogP contribution in [0.1, 0.15) is 6.92 Å². The standard InChI is InChI=1S/C6H10O2.Ac/c1-5-6(8-5)3-2-4-7;/h2-3,5-7H,4H2,1H3;/b3-2+;. The van der Waals surface area contributed by atoms with Crippen molar-refractivity contribution in [3.63, 3.8) is 0 Å². The number of rotatable bonds is 2. The van der Waals surface area contributed by atoms with Crippen LogP contribution in [0.2, 0.25) is 0 Å². The molecule has 0 aromatic rings. The normalized spacial score (nSPS) is 32.2. The van der Waals surface area contributed by atoms with Gasteiger partial charge in [-0.3, -0.25) is 0 Å². The van der Waals surface area contributed by atoms with E-state index in [1.54, 1.807) is 6.08 Å². The van der Waals surface area contributed by atoms with E-state index in [0.29, 0.717) is 6.10 Å². The SMILES string of the molecule is CC1OC1/C=C/CO.[Ac]. The zero-order valence-electron chi connectivity index (χ0n) is 5.45. The minimum Gasteiger partial charge on any atom is -0.392 e. The van der Waals surface area contributed by atoms with Gasteiger partial charge in [-0.05, 0) is 6.92 Å². The van der Waals surface area contributed by atoms with Gasteiger partial charge in [-0.2, -0.15) is 0 Å². The third-order valence-corrected chi connectivity index (χ3v) is 1.19. The van der Waals surface area contributed by atoms with E-state index in [2.05, 4.69) is 0 Å². The van der Waals surface area contributed by atoms with Crippen molar-refractivity contribution < 1.29 is 53.9 Å². The van der Waals surface area contributed by atoms with Crippen molar-refractivity contribution in [1.29, 1.82) is 0 Å². The molecule has 0 bridgehead atoms. The fourth-order valence-corrected chi connectivity index (χ4v) is 0.599. The predicted molar refractivity (Wildman–Crippen MR) is 30.6 cm³/mol. The van der Waals surface area contributed by atoms with Gasteiger partial charge in [-0.1, -0.05) is 12.2 Å². The predicted octanol–water partition coefficient (Wildman–Crippen LogP) is 0.322. The summed E-state index contributed by atoms with van der Waals surface area (Å²) in [6.07, 6.45) is 4.23. The summed E-state index contributed by atoms with van der Waals surface area (Å²) in [7, 11) is 0. The molecule has 0 aliphatic carbocycles. The van der Waals surface area contributed by atoms with Crippen molar-refractivity contribution in [2.75, 3.05) is 6.61 Å². The molecule has 1 aliphatic heterocycles. The second-order valence-corrected chi connectivity index (χ2v) is 1.92. The molecular weight excluding hydrogens is 331 g/mol. The van der Waals surface area contributed by atoms with Crippen LogP contribution in [0.15, 0.2) is 12.2 Å². The van der Waals surface area contributed by atoms with E-state index in [4.69, 9.17) is 9.84 Å². The van der Waals surface area contributed by atoms with E-state index in [1.807, 2.05) is 13.0 Å². The first kappa shape index (κ1) is 10.1. The number of aliphatic hydroxyl groups is 1. The second kappa shape index (κ2) is 4.85. The molecule has 3 heteroatoms. The fraction of sp³-hybridized carbons (Fsp3) is 0.667. The van der Waals surface area contributed by atoms with E-state index in [1.165, 1.54) is 0 Å². The summed E-state index contributed by atoms with van der Waals surface area (Å²) >= 11 is 0. The molecule has 9 heavy (non-hydrogen) atoms. The average molecular weight is 341 g/mol. The monoisotopic (exact) mass is 341 g/mol. The van der Waals surface area contributed by atoms with Gasteiger partial charge in [0.25, 0.3) is 0 Å². The van der Waals surface area contributed by atoms with Crippen molar-refractivity contribution in [2.24, 2.45) is 0 Å². The van der Waals surface area contributed by atoms with E-state index < -0.39 is 0 Å². The maximum absolute atomic E-state index is 8.29. The molecule has 1 N–H and O–H groups in total. The van der Waals surface area contributed by atoms with Crippen molar-refractivity contribution >= 4 is 0 Å². The molecule has 1 radical (unpaired) electrons. The molecule has 1 heterocycles. The van der Waals surface area contributed by atoms with Crippen LogP contribution >= 0.6 is 0 Å². The summed E-state index contributed by atoms with van der Waals surface area (Å²) in [5.74, 6) is 0. The molecule has 0 aromatic heterocycles. The summed E-state index contributed by atoms with van der Waals surface area (Å²) in [4.78, 5) is 0. The Hall–Kier alpha value is 1.10. The summed E-state index contributed by atoms with van der Waals surface area (Å²) in [6.45, 7) is 2.12. The first-order chi connectivity index (χ1) is 3.84. The zero-order valence-corrected chi connectivity index (χ0v) is 10.2. The van der Waals surface area contributed by atoms with Gasteiger partial charge in [-0.15, -0.1) is 0 Å². The van der Waals surface area contributed by atoms with Gasteiger partial charge in [-0.25, -0.2) is 0 Å². The topological polar surface area (TPSA) is 32.8 Å². The molecule has 0 spiro atoms. The summed E-state index contributed by atoms with van der Waals surface area (Å²) < 4.78 is 5.02. The molecule has 1 aliphatic rings. The van der Waals surface area contributed by atoms with Gasteiger partial charge in [0.2, 0.25) is 0 Å². The number of hydrogen-bond acceptors (Lipinski definition) is 2. The summed E-state index contributed by atoms with van der Waals surface area (Å²) in [6, 6.07) is 0. The molecule has 1 fully saturated rings. The fourth-order valence-electron chi connectivity index (χ4n) is 0.599. The number of epoxide rings is 1. The Kier molecular flexibility index (Phi) is 5.44. The van der Waals surface area contributed by atoms with Crippen molar-refractivity contribution in [3.8, 4) is 0 Å². The molecule has 0 amide bonds. The van der Waals surface area contributed by atoms with Crippen LogP contribution in [0.3, 0.4) is 0 Å². The smallest absolute Gasteiger partial charge is 0.102 e. The maximum atomic E-state index is 8.29. The minimum absolute atomic E-state index is 0. The Bertz CT molecular complexity index is 103. The van der Waals surface area contributed by atoms with E-state index in [0.717, 1.165) is 0 Å². The van der Waals surface area contributed by atoms with Crippen LogP contribution < -0.4 is 0 Å². The van der Waals surface area contributed by atoms with Crippen LogP contribution in [0.25, 0.3) is 0 Å². The van der Waals surface area contributed by atoms with E-state index in [9.17, 15) is 0 Å². The van der Waals surface area contributed by atoms with Crippen LogP contribution in [-0.4, -0.2) is 23.9 Å². The molecule has 1 rings (SSSR count). The molecule has 0 aromatic carbocycles. The molecule has 2 atom stereocenters. The number of hydrogen-bond donors (Lipinski definition) is 1. The van der Waals surface area contributed by atoms with E-state index in [-0.39, 0.29) is 56.8 Å². The Morgan fingerprint density at radius 1 is 1.67 bits per heavy atom. The van der Waals surface area contributed by atoms with Crippen LogP contribution in [-0.2, 0) is 4.74 Å². The minimum atomic E-state index is 0. The Morgan fingerprint density at radius 3 is 2.56 bits per heavy atom. The third kappa shape index (κ3) is 3.72. The summed E-state index contributed by atoms with van der Waals surface area (Å²) in [5.41, 5.74) is 0. The van der Waals surface area contributed by atoms with Gasteiger partial charge in [0, 0.05) is 44.1 Å². The second-order valence-electron chi connectivity index (χ2n) is 1.92. The Balaban J connectivity index is 0.000000640. The molecule has 2 unspecified atom stereocenters. The van der Waals surface area contributed by atoms with Crippen LogP contribution in [0.4, 0.5) is 0 Å². The summed E-state index contributed by atoms with van der Waals surface area (Å²) in [5, 5.41) is 8.29. The molecule has 1 saturated heterocycles. The Morgan fingerprint density at radius 2 is 2.22 bits per heavy atom. The molecule has 49 valence electrons. The zero-order chi connectivity index (χ0) is 5.98. The van der Waals surface area contributed by atoms with Crippen LogP contribution in [0.5, 0.6) is 0 Å². The average Bonchev–Trinajstić information content (AvgIpc) is 2.42. The van der Waals surface area contributed by atoms with Crippen molar-refractivity contribution in [2.45, 2.75) is 19.1 Å². The van der Waals surface area contributed by atoms with Gasteiger partial charge in [0.15, 0.2) is 0 Å². The first-order valence-corrected chi connectivity index (χ1v) is 2.77. The van der Waals surface area contributed by atoms with Crippen LogP contribution in [0, 0.1) is 44.1 Å². The van der Waals surface area contributed by atoms with Gasteiger partial charge in [0.1, 0.15) is 6.10 Å². The van der Waals surface area contributed by atoms with Gasteiger partial charge < -0.3 is 9.84 Å². The van der Waals surface area contributed by atoms with Gasteiger partial charge >= 0.3 is 0 Å². The molecular formula is C6H10AcO2. The third-order valence-electron chi connectivity index (χ3n) is 1.19. The largest absolute Gasteiger partial charge is 0.392 e. The number of ether oxygens (including phenoxy) is 1. The van der Waals surface area contributed by atoms with E-state index >= 15 is 0 Å². The van der Waals surface area contributed by atoms with Crippen molar-refractivity contribution in [3.05, 3.63) is 12.2 Å². The van der Waals surface area contributed by atoms with Gasteiger partial charge in [0.05, 0.1) is 12.7 Å². The molecule has 0 saturated carbocycles.